The van der Waals surface area contributed by atoms with Crippen LogP contribution in [0.5, 0.6) is 11.5 Å². The van der Waals surface area contributed by atoms with Crippen LogP contribution >= 0.6 is 0 Å². The first kappa shape index (κ1) is 16.7. The number of fused-ring (bicyclic) bond motifs is 1. The Hall–Kier alpha value is -3.10. The van der Waals surface area contributed by atoms with Gasteiger partial charge in [0.25, 0.3) is 0 Å². The monoisotopic (exact) mass is 345 g/mol. The van der Waals surface area contributed by atoms with Crippen molar-refractivity contribution in [2.24, 2.45) is 0 Å². The quantitative estimate of drug-likeness (QED) is 0.787. The second-order valence-electron chi connectivity index (χ2n) is 5.39. The van der Waals surface area contributed by atoms with Gasteiger partial charge >= 0.3 is 5.97 Å². The molecule has 1 aliphatic rings. The van der Waals surface area contributed by atoms with E-state index in [1.54, 1.807) is 26.0 Å². The summed E-state index contributed by atoms with van der Waals surface area (Å²) in [6.07, 6.45) is 0. The van der Waals surface area contributed by atoms with Gasteiger partial charge in [-0.1, -0.05) is 11.2 Å². The highest BCUT2D eigenvalue weighted by atomic mass is 16.5. The summed E-state index contributed by atoms with van der Waals surface area (Å²) in [7, 11) is 0. The molecule has 132 valence electrons. The maximum Gasteiger partial charge on any atom is 0.338 e. The number of nitrogens with one attached hydrogen (secondary N) is 1. The first-order valence-electron chi connectivity index (χ1n) is 7.95. The minimum Gasteiger partial charge on any atom is -0.504 e. The lowest BCUT2D eigenvalue weighted by Gasteiger charge is -2.27. The third kappa shape index (κ3) is 3.00. The molecule has 0 bridgehead atoms. The van der Waals surface area contributed by atoms with Crippen molar-refractivity contribution in [2.75, 3.05) is 18.5 Å². The molecule has 1 aromatic carbocycles. The Balaban J connectivity index is 2.13. The van der Waals surface area contributed by atoms with Crippen molar-refractivity contribution in [1.29, 1.82) is 0 Å². The van der Waals surface area contributed by atoms with E-state index in [1.807, 2.05) is 6.92 Å². The van der Waals surface area contributed by atoms with E-state index in [0.29, 0.717) is 35.1 Å². The van der Waals surface area contributed by atoms with Crippen molar-refractivity contribution in [3.8, 4) is 11.5 Å². The molecule has 9 nitrogen and oxygen atoms in total. The van der Waals surface area contributed by atoms with E-state index in [0.717, 1.165) is 0 Å². The number of phenolic OH excluding ortho intramolecular Hbond substituents is 1. The van der Waals surface area contributed by atoms with Crippen LogP contribution in [0.2, 0.25) is 0 Å². The number of aromatic hydroxyl groups is 1. The summed E-state index contributed by atoms with van der Waals surface area (Å²) in [6.45, 7) is 5.99. The number of hydrogen-bond acceptors (Lipinski definition) is 8. The smallest absolute Gasteiger partial charge is 0.338 e. The van der Waals surface area contributed by atoms with Crippen molar-refractivity contribution in [3.05, 3.63) is 35.0 Å². The number of tetrazole rings is 1. The van der Waals surface area contributed by atoms with Gasteiger partial charge in [-0.3, -0.25) is 0 Å². The van der Waals surface area contributed by atoms with Crippen molar-refractivity contribution < 1.29 is 19.4 Å². The lowest BCUT2D eigenvalue weighted by molar-refractivity contribution is -0.139. The molecule has 9 heteroatoms. The van der Waals surface area contributed by atoms with E-state index in [4.69, 9.17) is 9.47 Å². The molecule has 0 saturated heterocycles. The predicted octanol–water partition coefficient (Wildman–Crippen LogP) is 1.63. The van der Waals surface area contributed by atoms with Gasteiger partial charge in [0.15, 0.2) is 11.5 Å². The molecule has 2 aromatic rings. The Morgan fingerprint density at radius 3 is 2.88 bits per heavy atom. The van der Waals surface area contributed by atoms with Crippen LogP contribution in [0, 0.1) is 0 Å². The standard InChI is InChI=1S/C16H19N5O4/c1-4-24-12-8-10(6-7-11(12)22)14-13(15(23)25-5-2)9(3)17-16-18-19-20-21(14)16/h6-8,14,22H,4-5H2,1-3H3,(H,17,18,20)/t14-/m1/s1. The van der Waals surface area contributed by atoms with Gasteiger partial charge in [0.05, 0.1) is 18.8 Å². The van der Waals surface area contributed by atoms with Crippen molar-refractivity contribution >= 4 is 11.9 Å². The van der Waals surface area contributed by atoms with Crippen LogP contribution < -0.4 is 10.1 Å². The van der Waals surface area contributed by atoms with Crippen molar-refractivity contribution in [1.82, 2.24) is 20.2 Å². The van der Waals surface area contributed by atoms with Gasteiger partial charge in [-0.15, -0.1) is 0 Å². The molecule has 1 aliphatic heterocycles. The highest BCUT2D eigenvalue weighted by molar-refractivity contribution is 5.92. The number of allylic oxidation sites excluding steroid dienone is 1. The normalized spacial score (nSPS) is 16.2. The van der Waals surface area contributed by atoms with E-state index >= 15 is 0 Å². The molecule has 0 radical (unpaired) electrons. The lowest BCUT2D eigenvalue weighted by Crippen LogP contribution is -2.29. The number of anilines is 1. The second kappa shape index (κ2) is 6.80. The summed E-state index contributed by atoms with van der Waals surface area (Å²) in [5.41, 5.74) is 1.70. The van der Waals surface area contributed by atoms with E-state index in [-0.39, 0.29) is 12.4 Å². The van der Waals surface area contributed by atoms with Gasteiger partial charge in [0.1, 0.15) is 6.04 Å². The number of rotatable bonds is 5. The molecule has 0 aliphatic carbocycles. The molecule has 2 heterocycles. The minimum absolute atomic E-state index is 0.0230. The van der Waals surface area contributed by atoms with Gasteiger partial charge in [-0.25, -0.2) is 4.79 Å². The van der Waals surface area contributed by atoms with Gasteiger partial charge in [0, 0.05) is 5.70 Å². The Kier molecular flexibility index (Phi) is 4.55. The molecule has 1 atom stereocenters. The molecule has 0 unspecified atom stereocenters. The molecule has 3 rings (SSSR count). The Bertz CT molecular complexity index is 830. The Morgan fingerprint density at radius 1 is 1.36 bits per heavy atom. The summed E-state index contributed by atoms with van der Waals surface area (Å²) in [5, 5.41) is 24.5. The number of hydrogen-bond donors (Lipinski definition) is 2. The average molecular weight is 345 g/mol. The Labute approximate surface area is 144 Å². The maximum absolute atomic E-state index is 12.5. The number of nitrogens with zero attached hydrogens (tertiary/aromatic N) is 4. The zero-order chi connectivity index (χ0) is 18.0. The summed E-state index contributed by atoms with van der Waals surface area (Å²) >= 11 is 0. The van der Waals surface area contributed by atoms with Crippen molar-refractivity contribution in [2.45, 2.75) is 26.8 Å². The van der Waals surface area contributed by atoms with Crippen LogP contribution in [0.1, 0.15) is 32.4 Å². The largest absolute Gasteiger partial charge is 0.504 e. The molecular weight excluding hydrogens is 326 g/mol. The molecule has 0 saturated carbocycles. The van der Waals surface area contributed by atoms with Gasteiger partial charge in [-0.05, 0) is 48.9 Å². The predicted molar refractivity (Wildman–Crippen MR) is 88.2 cm³/mol. The molecule has 0 amide bonds. The lowest BCUT2D eigenvalue weighted by atomic mass is 9.95. The number of phenols is 1. The van der Waals surface area contributed by atoms with Crippen LogP contribution in [0.4, 0.5) is 5.95 Å². The third-order valence-corrected chi connectivity index (χ3v) is 3.81. The summed E-state index contributed by atoms with van der Waals surface area (Å²) in [6, 6.07) is 4.30. The van der Waals surface area contributed by atoms with Crippen LogP contribution in [-0.2, 0) is 9.53 Å². The molecular formula is C16H19N5O4. The number of aromatic nitrogens is 4. The fraction of sp³-hybridized carbons (Fsp3) is 0.375. The fourth-order valence-electron chi connectivity index (χ4n) is 2.77. The zero-order valence-corrected chi connectivity index (χ0v) is 14.2. The summed E-state index contributed by atoms with van der Waals surface area (Å²) in [4.78, 5) is 12.5. The highest BCUT2D eigenvalue weighted by Gasteiger charge is 2.35. The maximum atomic E-state index is 12.5. The van der Waals surface area contributed by atoms with Gasteiger partial charge < -0.3 is 19.9 Å². The SMILES string of the molecule is CCOC(=O)C1=C(C)Nc2nnnn2[C@@H]1c1ccc(O)c(OCC)c1. The zero-order valence-electron chi connectivity index (χ0n) is 14.2. The number of ether oxygens (including phenoxy) is 2. The number of carbonyl (C=O) groups excluding carboxylic acids is 1. The first-order valence-corrected chi connectivity index (χ1v) is 7.95. The summed E-state index contributed by atoms with van der Waals surface area (Å²) in [5.74, 6) is 0.315. The fourth-order valence-corrected chi connectivity index (χ4v) is 2.77. The highest BCUT2D eigenvalue weighted by Crippen LogP contribution is 2.38. The average Bonchev–Trinajstić information content (AvgIpc) is 3.04. The van der Waals surface area contributed by atoms with Crippen LogP contribution in [0.15, 0.2) is 29.5 Å². The third-order valence-electron chi connectivity index (χ3n) is 3.81. The van der Waals surface area contributed by atoms with Crippen LogP contribution in [-0.4, -0.2) is 44.5 Å². The van der Waals surface area contributed by atoms with Crippen LogP contribution in [0.3, 0.4) is 0 Å². The second-order valence-corrected chi connectivity index (χ2v) is 5.39. The number of benzene rings is 1. The van der Waals surface area contributed by atoms with E-state index < -0.39 is 12.0 Å². The molecule has 0 fully saturated rings. The molecule has 25 heavy (non-hydrogen) atoms. The Morgan fingerprint density at radius 2 is 2.16 bits per heavy atom. The van der Waals surface area contributed by atoms with Crippen molar-refractivity contribution in [3.63, 3.8) is 0 Å². The number of esters is 1. The molecule has 0 spiro atoms. The van der Waals surface area contributed by atoms with Gasteiger partial charge in [-0.2, -0.15) is 4.68 Å². The first-order chi connectivity index (χ1) is 12.1. The molecule has 1 aromatic heterocycles. The minimum atomic E-state index is -0.592. The molecule has 2 N–H and O–H groups in total. The van der Waals surface area contributed by atoms with E-state index in [9.17, 15) is 9.90 Å². The topological polar surface area (TPSA) is 111 Å². The van der Waals surface area contributed by atoms with Crippen LogP contribution in [0.25, 0.3) is 0 Å². The number of carbonyl (C=O) groups is 1. The summed E-state index contributed by atoms with van der Waals surface area (Å²) < 4.78 is 12.1. The van der Waals surface area contributed by atoms with Gasteiger partial charge in [0.2, 0.25) is 5.95 Å². The van der Waals surface area contributed by atoms with E-state index in [2.05, 4.69) is 20.8 Å². The van der Waals surface area contributed by atoms with E-state index in [1.165, 1.54) is 10.7 Å².